The summed E-state index contributed by atoms with van der Waals surface area (Å²) in [5.74, 6) is 1.40. The molecule has 2 aromatic rings. The van der Waals surface area contributed by atoms with Crippen molar-refractivity contribution in [1.29, 1.82) is 0 Å². The second kappa shape index (κ2) is 8.12. The molecule has 7 heteroatoms. The molecule has 0 spiro atoms. The van der Waals surface area contributed by atoms with E-state index < -0.39 is 0 Å². The van der Waals surface area contributed by atoms with Crippen LogP contribution in [0, 0.1) is 0 Å². The summed E-state index contributed by atoms with van der Waals surface area (Å²) < 4.78 is 2.26. The molecule has 0 radical (unpaired) electrons. The molecule has 2 heterocycles. The number of hydrogen-bond donors (Lipinski definition) is 1. The van der Waals surface area contributed by atoms with Crippen LogP contribution in [0.15, 0.2) is 35.5 Å². The molecule has 0 bridgehead atoms. The van der Waals surface area contributed by atoms with Gasteiger partial charge in [-0.15, -0.1) is 10.2 Å². The van der Waals surface area contributed by atoms with Gasteiger partial charge < -0.3 is 10.2 Å². The average Bonchev–Trinajstić information content (AvgIpc) is 3.45. The molecule has 1 amide bonds. The largest absolute Gasteiger partial charge is 0.351 e. The van der Waals surface area contributed by atoms with Gasteiger partial charge in [-0.3, -0.25) is 9.36 Å². The topological polar surface area (TPSA) is 63.1 Å². The number of thioether (sulfide) groups is 1. The van der Waals surface area contributed by atoms with Crippen molar-refractivity contribution in [3.8, 4) is 0 Å². The van der Waals surface area contributed by atoms with Gasteiger partial charge in [-0.05, 0) is 37.7 Å². The van der Waals surface area contributed by atoms with Crippen molar-refractivity contribution < 1.29 is 4.79 Å². The maximum atomic E-state index is 12.2. The lowest BCUT2D eigenvalue weighted by Crippen LogP contribution is -2.32. The molecule has 4 rings (SSSR count). The molecule has 6 nitrogen and oxygen atoms in total. The van der Waals surface area contributed by atoms with Crippen LogP contribution in [0.5, 0.6) is 0 Å². The molecular weight excluding hydrogens is 346 g/mol. The molecule has 1 aromatic heterocycles. The third kappa shape index (κ3) is 4.20. The Kier molecular flexibility index (Phi) is 5.43. The molecule has 1 saturated carbocycles. The third-order valence-corrected chi connectivity index (χ3v) is 5.81. The van der Waals surface area contributed by atoms with Crippen molar-refractivity contribution in [3.63, 3.8) is 0 Å². The molecule has 138 valence electrons. The van der Waals surface area contributed by atoms with Gasteiger partial charge >= 0.3 is 0 Å². The van der Waals surface area contributed by atoms with Gasteiger partial charge in [-0.2, -0.15) is 0 Å². The first-order valence-corrected chi connectivity index (χ1v) is 10.4. The van der Waals surface area contributed by atoms with Crippen molar-refractivity contribution in [3.05, 3.63) is 35.9 Å². The molecule has 1 saturated heterocycles. The van der Waals surface area contributed by atoms with Gasteiger partial charge in [0, 0.05) is 25.7 Å². The van der Waals surface area contributed by atoms with Crippen molar-refractivity contribution >= 4 is 23.6 Å². The van der Waals surface area contributed by atoms with Gasteiger partial charge in [0.1, 0.15) is 0 Å². The number of aromatic nitrogens is 3. The number of nitrogens with one attached hydrogen (secondary N) is 1. The number of amides is 1. The summed E-state index contributed by atoms with van der Waals surface area (Å²) in [6.07, 6.45) is 6.13. The van der Waals surface area contributed by atoms with Crippen molar-refractivity contribution in [2.45, 2.75) is 49.8 Å². The minimum Gasteiger partial charge on any atom is -0.351 e. The monoisotopic (exact) mass is 371 g/mol. The number of hydrogen-bond acceptors (Lipinski definition) is 5. The highest BCUT2D eigenvalue weighted by Gasteiger charge is 2.32. The van der Waals surface area contributed by atoms with Crippen molar-refractivity contribution in [2.24, 2.45) is 0 Å². The fourth-order valence-electron chi connectivity index (χ4n) is 3.31. The molecule has 1 N–H and O–H groups in total. The number of carbonyl (C=O) groups is 1. The lowest BCUT2D eigenvalue weighted by molar-refractivity contribution is -0.118. The number of rotatable bonds is 7. The molecule has 1 aliphatic heterocycles. The number of nitrogens with zero attached hydrogens (tertiary/aromatic N) is 4. The van der Waals surface area contributed by atoms with Gasteiger partial charge in [0.25, 0.3) is 0 Å². The van der Waals surface area contributed by atoms with E-state index in [1.54, 1.807) is 0 Å². The Balaban J connectivity index is 1.35. The van der Waals surface area contributed by atoms with Crippen LogP contribution < -0.4 is 10.2 Å². The van der Waals surface area contributed by atoms with Crippen LogP contribution in [-0.2, 0) is 11.3 Å². The summed E-state index contributed by atoms with van der Waals surface area (Å²) in [5.41, 5.74) is 1.11. The normalized spacial score (nSPS) is 17.3. The van der Waals surface area contributed by atoms with Crippen LogP contribution in [0.4, 0.5) is 5.95 Å². The van der Waals surface area contributed by atoms with Gasteiger partial charge in [0.05, 0.1) is 5.75 Å². The molecule has 0 unspecified atom stereocenters. The predicted octanol–water partition coefficient (Wildman–Crippen LogP) is 3.01. The Bertz CT molecular complexity index is 738. The van der Waals surface area contributed by atoms with E-state index in [0.717, 1.165) is 29.8 Å². The van der Waals surface area contributed by atoms with E-state index in [-0.39, 0.29) is 5.91 Å². The smallest absolute Gasteiger partial charge is 0.230 e. The first-order valence-electron chi connectivity index (χ1n) is 9.44. The summed E-state index contributed by atoms with van der Waals surface area (Å²) >= 11 is 1.49. The minimum absolute atomic E-state index is 0.0312. The van der Waals surface area contributed by atoms with E-state index in [4.69, 9.17) is 0 Å². The molecule has 1 aliphatic carbocycles. The fraction of sp³-hybridized carbons (Fsp3) is 0.526. The van der Waals surface area contributed by atoms with E-state index >= 15 is 0 Å². The maximum absolute atomic E-state index is 12.2. The number of benzene rings is 1. The van der Waals surface area contributed by atoms with E-state index in [0.29, 0.717) is 18.3 Å². The van der Waals surface area contributed by atoms with E-state index in [1.807, 2.05) is 30.3 Å². The standard InChI is InChI=1S/C19H25N5OS/c25-17(20-13-15-7-3-1-4-8-15)14-26-19-22-21-18(24(19)16-9-10-16)23-11-5-2-6-12-23/h1,3-4,7-8,16H,2,5-6,9-14H2,(H,20,25). The number of anilines is 1. The molecule has 2 fully saturated rings. The Labute approximate surface area is 158 Å². The average molecular weight is 372 g/mol. The van der Waals surface area contributed by atoms with Crippen LogP contribution >= 0.6 is 11.8 Å². The predicted molar refractivity (Wildman–Crippen MR) is 103 cm³/mol. The van der Waals surface area contributed by atoms with Crippen molar-refractivity contribution in [2.75, 3.05) is 23.7 Å². The molecular formula is C19H25N5OS. The number of piperidine rings is 1. The lowest BCUT2D eigenvalue weighted by atomic mass is 10.1. The van der Waals surface area contributed by atoms with Crippen LogP contribution in [0.2, 0.25) is 0 Å². The van der Waals surface area contributed by atoms with Gasteiger partial charge in [0.2, 0.25) is 11.9 Å². The zero-order chi connectivity index (χ0) is 17.8. The Morgan fingerprint density at radius 1 is 1.12 bits per heavy atom. The third-order valence-electron chi connectivity index (χ3n) is 4.86. The van der Waals surface area contributed by atoms with Gasteiger partial charge in [0.15, 0.2) is 5.16 Å². The molecule has 2 aliphatic rings. The summed E-state index contributed by atoms with van der Waals surface area (Å²) in [5, 5.41) is 12.7. The van der Waals surface area contributed by atoms with Crippen LogP contribution in [-0.4, -0.2) is 39.5 Å². The fourth-order valence-corrected chi connectivity index (χ4v) is 4.14. The maximum Gasteiger partial charge on any atom is 0.230 e. The molecule has 1 aromatic carbocycles. The first kappa shape index (κ1) is 17.4. The molecule has 26 heavy (non-hydrogen) atoms. The summed E-state index contributed by atoms with van der Waals surface area (Å²) in [4.78, 5) is 14.6. The summed E-state index contributed by atoms with van der Waals surface area (Å²) in [6, 6.07) is 10.5. The van der Waals surface area contributed by atoms with Crippen LogP contribution in [0.1, 0.15) is 43.7 Å². The molecule has 0 atom stereocenters. The highest BCUT2D eigenvalue weighted by atomic mass is 32.2. The van der Waals surface area contributed by atoms with Gasteiger partial charge in [-0.25, -0.2) is 0 Å². The highest BCUT2D eigenvalue weighted by Crippen LogP contribution is 2.41. The van der Waals surface area contributed by atoms with Gasteiger partial charge in [-0.1, -0.05) is 42.1 Å². The highest BCUT2D eigenvalue weighted by molar-refractivity contribution is 7.99. The lowest BCUT2D eigenvalue weighted by Gasteiger charge is -2.27. The minimum atomic E-state index is 0.0312. The SMILES string of the molecule is O=C(CSc1nnc(N2CCCCC2)n1C1CC1)NCc1ccccc1. The van der Waals surface area contributed by atoms with Crippen molar-refractivity contribution in [1.82, 2.24) is 20.1 Å². The zero-order valence-corrected chi connectivity index (χ0v) is 15.7. The summed E-state index contributed by atoms with van der Waals surface area (Å²) in [7, 11) is 0. The Hall–Kier alpha value is -2.02. The summed E-state index contributed by atoms with van der Waals surface area (Å²) in [6.45, 7) is 2.69. The zero-order valence-electron chi connectivity index (χ0n) is 14.9. The quantitative estimate of drug-likeness (QED) is 0.758. The van der Waals surface area contributed by atoms with E-state index in [2.05, 4.69) is 25.0 Å². The van der Waals surface area contributed by atoms with Crippen LogP contribution in [0.3, 0.4) is 0 Å². The van der Waals surface area contributed by atoms with Crippen LogP contribution in [0.25, 0.3) is 0 Å². The first-order chi connectivity index (χ1) is 12.8. The second-order valence-corrected chi connectivity index (χ2v) is 7.92. The Morgan fingerprint density at radius 2 is 1.88 bits per heavy atom. The second-order valence-electron chi connectivity index (χ2n) is 6.98. The van der Waals surface area contributed by atoms with E-state index in [1.165, 1.54) is 43.9 Å². The van der Waals surface area contributed by atoms with E-state index in [9.17, 15) is 4.79 Å². The number of carbonyl (C=O) groups excluding carboxylic acids is 1. The Morgan fingerprint density at radius 3 is 2.62 bits per heavy atom.